The summed E-state index contributed by atoms with van der Waals surface area (Å²) in [6, 6.07) is 0. The van der Waals surface area contributed by atoms with E-state index in [1.165, 1.54) is 17.3 Å². The van der Waals surface area contributed by atoms with Gasteiger partial charge < -0.3 is 0 Å². The fraction of sp³-hybridized carbons (Fsp3) is 0.667. The molecule has 0 spiro atoms. The summed E-state index contributed by atoms with van der Waals surface area (Å²) in [6.07, 6.45) is -0.681. The molecule has 0 fully saturated rings. The summed E-state index contributed by atoms with van der Waals surface area (Å²) < 4.78 is 0. The predicted molar refractivity (Wildman–Crippen MR) is 31.7 cm³/mol. The van der Waals surface area contributed by atoms with E-state index in [1.54, 1.807) is 0 Å². The van der Waals surface area contributed by atoms with Crippen molar-refractivity contribution < 1.29 is 4.92 Å². The van der Waals surface area contributed by atoms with Crippen molar-refractivity contribution in [2.24, 2.45) is 4.99 Å². The molecule has 0 saturated carbocycles. The maximum Gasteiger partial charge on any atom is 0.313 e. The summed E-state index contributed by atoms with van der Waals surface area (Å²) >= 11 is 1.38. The molecule has 1 aliphatic heterocycles. The lowest BCUT2D eigenvalue weighted by atomic mass is 10.6. The summed E-state index contributed by atoms with van der Waals surface area (Å²) in [5.41, 5.74) is 1.52. The smallest absolute Gasteiger partial charge is 0.262 e. The van der Waals surface area contributed by atoms with Crippen molar-refractivity contribution in [3.8, 4) is 0 Å². The highest BCUT2D eigenvalue weighted by Crippen LogP contribution is 2.10. The number of nitro groups is 1. The van der Waals surface area contributed by atoms with Crippen molar-refractivity contribution in [2.75, 3.05) is 5.75 Å². The average molecular weight is 132 g/mol. The van der Waals surface area contributed by atoms with E-state index in [-0.39, 0.29) is 4.92 Å². The Labute approximate surface area is 50.1 Å². The van der Waals surface area contributed by atoms with Gasteiger partial charge in [-0.15, -0.1) is 11.8 Å². The number of thioether (sulfide) groups is 1. The van der Waals surface area contributed by atoms with Crippen LogP contribution in [0.25, 0.3) is 0 Å². The van der Waals surface area contributed by atoms with Crippen LogP contribution in [0.5, 0.6) is 0 Å². The quantitative estimate of drug-likeness (QED) is 0.382. The monoisotopic (exact) mass is 132 g/mol. The van der Waals surface area contributed by atoms with E-state index >= 15 is 0 Å². The van der Waals surface area contributed by atoms with Gasteiger partial charge in [-0.1, -0.05) is 0 Å². The molecule has 0 aliphatic carbocycles. The van der Waals surface area contributed by atoms with E-state index in [1.807, 2.05) is 0 Å². The van der Waals surface area contributed by atoms with Crippen LogP contribution in [0.4, 0.5) is 0 Å². The van der Waals surface area contributed by atoms with Gasteiger partial charge in [-0.3, -0.25) is 10.1 Å². The van der Waals surface area contributed by atoms with Gasteiger partial charge in [0, 0.05) is 4.92 Å². The van der Waals surface area contributed by atoms with Crippen molar-refractivity contribution in [3.63, 3.8) is 0 Å². The van der Waals surface area contributed by atoms with Gasteiger partial charge in [-0.05, 0) is 0 Å². The predicted octanol–water partition coefficient (Wildman–Crippen LogP) is 0.364. The highest BCUT2D eigenvalue weighted by Gasteiger charge is 2.20. The highest BCUT2D eigenvalue weighted by molar-refractivity contribution is 8.12. The first-order chi connectivity index (χ1) is 3.80. The van der Waals surface area contributed by atoms with Crippen molar-refractivity contribution >= 4 is 17.3 Å². The van der Waals surface area contributed by atoms with Crippen LogP contribution in [0.2, 0.25) is 0 Å². The number of hydrogen-bond donors (Lipinski definition) is 0. The topological polar surface area (TPSA) is 55.5 Å². The van der Waals surface area contributed by atoms with Crippen LogP contribution in [0, 0.1) is 10.1 Å². The molecule has 1 heterocycles. The van der Waals surface area contributed by atoms with Gasteiger partial charge >= 0.3 is 6.17 Å². The van der Waals surface area contributed by atoms with E-state index in [9.17, 15) is 10.1 Å². The Kier molecular flexibility index (Phi) is 1.48. The van der Waals surface area contributed by atoms with Gasteiger partial charge in [-0.25, -0.2) is 4.99 Å². The molecule has 0 aromatic carbocycles. The lowest BCUT2D eigenvalue weighted by Crippen LogP contribution is -2.15. The molecule has 0 saturated heterocycles. The third-order valence-electron chi connectivity index (χ3n) is 0.796. The van der Waals surface area contributed by atoms with Gasteiger partial charge in [0.25, 0.3) is 0 Å². The molecule has 0 radical (unpaired) electrons. The minimum Gasteiger partial charge on any atom is -0.262 e. The van der Waals surface area contributed by atoms with Gasteiger partial charge in [0.15, 0.2) is 0 Å². The lowest BCUT2D eigenvalue weighted by molar-refractivity contribution is -0.513. The molecule has 44 valence electrons. The fourth-order valence-corrected chi connectivity index (χ4v) is 1.09. The second kappa shape index (κ2) is 2.13. The molecule has 0 amide bonds. The third kappa shape index (κ3) is 0.975. The maximum absolute atomic E-state index is 9.88. The Balaban J connectivity index is 2.48. The molecule has 1 unspecified atom stereocenters. The van der Waals surface area contributed by atoms with Crippen molar-refractivity contribution in [3.05, 3.63) is 10.1 Å². The van der Waals surface area contributed by atoms with E-state index in [4.69, 9.17) is 0 Å². The van der Waals surface area contributed by atoms with E-state index < -0.39 is 6.17 Å². The summed E-state index contributed by atoms with van der Waals surface area (Å²) in [4.78, 5) is 13.1. The van der Waals surface area contributed by atoms with Gasteiger partial charge in [-0.2, -0.15) is 0 Å². The Bertz CT molecular complexity index is 135. The molecular weight excluding hydrogens is 128 g/mol. The molecule has 0 bridgehead atoms. The molecule has 1 rings (SSSR count). The zero-order valence-electron chi connectivity index (χ0n) is 3.98. The van der Waals surface area contributed by atoms with E-state index in [2.05, 4.69) is 4.99 Å². The van der Waals surface area contributed by atoms with Crippen LogP contribution in [0.15, 0.2) is 4.99 Å². The van der Waals surface area contributed by atoms with Gasteiger partial charge in [0.2, 0.25) is 0 Å². The fourth-order valence-electron chi connectivity index (χ4n) is 0.401. The second-order valence-electron chi connectivity index (χ2n) is 1.35. The van der Waals surface area contributed by atoms with Crippen LogP contribution in [-0.4, -0.2) is 22.4 Å². The summed E-state index contributed by atoms with van der Waals surface area (Å²) in [7, 11) is 0. The summed E-state index contributed by atoms with van der Waals surface area (Å²) in [5, 5.41) is 9.88. The number of hydrogen-bond acceptors (Lipinski definition) is 4. The maximum atomic E-state index is 9.88. The molecule has 0 N–H and O–H groups in total. The molecule has 0 aromatic heterocycles. The third-order valence-corrected chi connectivity index (χ3v) is 1.56. The molecule has 4 nitrogen and oxygen atoms in total. The van der Waals surface area contributed by atoms with E-state index in [0.717, 1.165) is 0 Å². The van der Waals surface area contributed by atoms with Gasteiger partial charge in [0.05, 0.1) is 11.3 Å². The molecule has 5 heteroatoms. The minimum atomic E-state index is -0.681. The Morgan fingerprint density at radius 1 is 2.00 bits per heavy atom. The lowest BCUT2D eigenvalue weighted by Gasteiger charge is -1.91. The SMILES string of the molecule is O=[N+]([O-])C1CSC=N1. The van der Waals surface area contributed by atoms with Crippen LogP contribution in [-0.2, 0) is 0 Å². The number of nitrogens with zero attached hydrogens (tertiary/aromatic N) is 2. The summed E-state index contributed by atoms with van der Waals surface area (Å²) in [5.74, 6) is 0.493. The van der Waals surface area contributed by atoms with E-state index in [0.29, 0.717) is 5.75 Å². The molecule has 1 aliphatic rings. The van der Waals surface area contributed by atoms with Crippen LogP contribution in [0.3, 0.4) is 0 Å². The normalized spacial score (nSPS) is 26.2. The summed E-state index contributed by atoms with van der Waals surface area (Å²) in [6.45, 7) is 0. The van der Waals surface area contributed by atoms with Gasteiger partial charge in [0.1, 0.15) is 0 Å². The van der Waals surface area contributed by atoms with Crippen LogP contribution >= 0.6 is 11.8 Å². The second-order valence-corrected chi connectivity index (χ2v) is 2.23. The zero-order chi connectivity index (χ0) is 5.98. The first-order valence-electron chi connectivity index (χ1n) is 2.07. The largest absolute Gasteiger partial charge is 0.313 e. The molecule has 0 aromatic rings. The van der Waals surface area contributed by atoms with Crippen molar-refractivity contribution in [2.45, 2.75) is 6.17 Å². The molecule has 1 atom stereocenters. The molecular formula is C3H4N2O2S. The Morgan fingerprint density at radius 3 is 3.00 bits per heavy atom. The highest BCUT2D eigenvalue weighted by atomic mass is 32.2. The first-order valence-corrected chi connectivity index (χ1v) is 3.12. The minimum absolute atomic E-state index is 0.378. The van der Waals surface area contributed by atoms with Crippen molar-refractivity contribution in [1.82, 2.24) is 0 Å². The Hall–Kier alpha value is -0.580. The average Bonchev–Trinajstić information content (AvgIpc) is 2.12. The van der Waals surface area contributed by atoms with Crippen LogP contribution in [0.1, 0.15) is 0 Å². The number of rotatable bonds is 1. The first kappa shape index (κ1) is 5.55. The zero-order valence-corrected chi connectivity index (χ0v) is 4.80. The Morgan fingerprint density at radius 2 is 2.75 bits per heavy atom. The standard InChI is InChI=1S/C3H4N2O2S/c6-5(7)3-1-8-2-4-3/h2-3H,1H2. The molecule has 8 heavy (non-hydrogen) atoms. The number of aliphatic imine (C=N–C) groups is 1. The van der Waals surface area contributed by atoms with Crippen LogP contribution < -0.4 is 0 Å². The van der Waals surface area contributed by atoms with Crippen molar-refractivity contribution in [1.29, 1.82) is 0 Å².